The van der Waals surface area contributed by atoms with Crippen molar-refractivity contribution in [3.63, 3.8) is 0 Å². The molecule has 0 bridgehead atoms. The molecule has 8 heteroatoms. The van der Waals surface area contributed by atoms with Crippen molar-refractivity contribution in [2.24, 2.45) is 17.8 Å². The molecule has 1 N–H and O–H groups in total. The van der Waals surface area contributed by atoms with Crippen LogP contribution >= 0.6 is 0 Å². The van der Waals surface area contributed by atoms with E-state index in [9.17, 15) is 23.1 Å². The number of hydrogen-bond donors (Lipinski definition) is 1. The van der Waals surface area contributed by atoms with Crippen LogP contribution in [0.25, 0.3) is 22.0 Å². The summed E-state index contributed by atoms with van der Waals surface area (Å²) in [4.78, 5) is 16.1. The van der Waals surface area contributed by atoms with Gasteiger partial charge in [0.25, 0.3) is 0 Å². The topological polar surface area (TPSA) is 50.2 Å². The van der Waals surface area contributed by atoms with Crippen molar-refractivity contribution < 1.29 is 43.2 Å². The van der Waals surface area contributed by atoms with E-state index in [0.717, 1.165) is 64.9 Å². The zero-order chi connectivity index (χ0) is 36.8. The Balaban J connectivity index is 0.000000461. The predicted molar refractivity (Wildman–Crippen MR) is 199 cm³/mol. The zero-order valence-electron chi connectivity index (χ0n) is 31.4. The maximum Gasteiger partial charge on any atom is 0.418 e. The summed E-state index contributed by atoms with van der Waals surface area (Å²) in [5.74, 6) is 0.483. The number of aliphatic hydroxyl groups excluding tert-OH is 1. The van der Waals surface area contributed by atoms with E-state index in [-0.39, 0.29) is 64.3 Å². The number of pyridine rings is 1. The van der Waals surface area contributed by atoms with E-state index in [0.29, 0.717) is 16.4 Å². The van der Waals surface area contributed by atoms with Gasteiger partial charge in [0.2, 0.25) is 0 Å². The average Bonchev–Trinajstić information content (AvgIpc) is 3.42. The first-order valence-electron chi connectivity index (χ1n) is 17.6. The third-order valence-electron chi connectivity index (χ3n) is 9.28. The maximum atomic E-state index is 14.2. The Kier molecular flexibility index (Phi) is 15.7. The van der Waals surface area contributed by atoms with Crippen LogP contribution in [-0.2, 0) is 36.5 Å². The second kappa shape index (κ2) is 18.1. The summed E-state index contributed by atoms with van der Waals surface area (Å²) < 4.78 is 42.6. The quantitative estimate of drug-likeness (QED) is 0.0955. The zero-order valence-corrected chi connectivity index (χ0v) is 34.8. The van der Waals surface area contributed by atoms with Crippen molar-refractivity contribution in [2.45, 2.75) is 113 Å². The number of nitrogens with zero attached hydrogens (tertiary/aromatic N) is 1. The number of aromatic nitrogens is 1. The third-order valence-corrected chi connectivity index (χ3v) is 10.8. The van der Waals surface area contributed by atoms with Crippen LogP contribution in [0, 0.1) is 37.7 Å². The number of allylic oxidation sites excluding steroid dienone is 3. The Labute approximate surface area is 314 Å². The molecular formula is C42H53F3IrNO2Si-. The molecule has 2 aromatic carbocycles. The number of carbonyl (C=O) groups is 1. The van der Waals surface area contributed by atoms with Gasteiger partial charge >= 0.3 is 6.18 Å². The summed E-state index contributed by atoms with van der Waals surface area (Å²) >= 11 is 0. The minimum Gasteiger partial charge on any atom is -0.512 e. The minimum absolute atomic E-state index is 0. The molecule has 0 atom stereocenters. The van der Waals surface area contributed by atoms with Crippen molar-refractivity contribution in [3.8, 4) is 11.3 Å². The number of ketones is 1. The molecule has 0 saturated carbocycles. The standard InChI is InChI=1S/C29H29F3NSi.C13H24O2.Ir/c1-16(2)23-24-22(29(30,31)32)15-33-25(20-13-17(3)12-18(4)14-20)27(24)34-26(23)19-8-10-21(11-9-19)28(5,6)7;1-5-10(6-2)12(14)9-13(15)11(7-3)8-4;/h8-13,15-16H,1-7H3;9-11,14H,5-8H2,1-4H3;/q-1;;/b;12-9-;. The molecule has 3 aromatic rings. The van der Waals surface area contributed by atoms with Gasteiger partial charge in [-0.25, -0.2) is 0 Å². The van der Waals surface area contributed by atoms with Crippen LogP contribution in [0.2, 0.25) is 0 Å². The monoisotopic (exact) mass is 881 g/mol. The Morgan fingerprint density at radius 1 is 0.940 bits per heavy atom. The van der Waals surface area contributed by atoms with Gasteiger partial charge in [-0.15, -0.1) is 34.9 Å². The van der Waals surface area contributed by atoms with Crippen LogP contribution < -0.4 is 5.19 Å². The molecule has 2 heterocycles. The predicted octanol–water partition coefficient (Wildman–Crippen LogP) is 11.2. The van der Waals surface area contributed by atoms with E-state index in [1.54, 1.807) is 0 Å². The number of alkyl halides is 3. The van der Waals surface area contributed by atoms with E-state index in [2.05, 4.69) is 56.1 Å². The first-order chi connectivity index (χ1) is 22.9. The van der Waals surface area contributed by atoms with E-state index < -0.39 is 11.7 Å². The first-order valence-corrected chi connectivity index (χ1v) is 18.6. The molecule has 0 spiro atoms. The van der Waals surface area contributed by atoms with Crippen molar-refractivity contribution in [1.29, 1.82) is 0 Å². The molecule has 0 amide bonds. The van der Waals surface area contributed by atoms with Crippen molar-refractivity contribution in [2.75, 3.05) is 0 Å². The second-order valence-electron chi connectivity index (χ2n) is 14.4. The molecule has 1 aliphatic heterocycles. The van der Waals surface area contributed by atoms with Crippen molar-refractivity contribution >= 4 is 31.3 Å². The van der Waals surface area contributed by atoms with Crippen LogP contribution in [0.5, 0.6) is 0 Å². The van der Waals surface area contributed by atoms with E-state index >= 15 is 0 Å². The summed E-state index contributed by atoms with van der Waals surface area (Å²) in [6.07, 6.45) is 1.44. The molecule has 1 aliphatic rings. The maximum absolute atomic E-state index is 14.2. The summed E-state index contributed by atoms with van der Waals surface area (Å²) in [6.45, 7) is 22.4. The number of carbonyl (C=O) groups excluding carboxylic acids is 1. The van der Waals surface area contributed by atoms with Gasteiger partial charge in [0.15, 0.2) is 5.78 Å². The van der Waals surface area contributed by atoms with Crippen LogP contribution in [0.1, 0.15) is 121 Å². The molecule has 3 radical (unpaired) electrons. The van der Waals surface area contributed by atoms with Gasteiger partial charge < -0.3 is 10.1 Å². The molecule has 1 aromatic heterocycles. The Morgan fingerprint density at radius 2 is 1.50 bits per heavy atom. The molecule has 0 fully saturated rings. The number of rotatable bonds is 10. The summed E-state index contributed by atoms with van der Waals surface area (Å²) in [5.41, 5.74) is 5.97. The van der Waals surface area contributed by atoms with Crippen molar-refractivity contribution in [3.05, 3.63) is 93.9 Å². The number of fused-ring (bicyclic) bond motifs is 1. The Morgan fingerprint density at radius 3 is 1.96 bits per heavy atom. The molecule has 0 aliphatic carbocycles. The van der Waals surface area contributed by atoms with Gasteiger partial charge in [-0.05, 0) is 70.2 Å². The van der Waals surface area contributed by atoms with Crippen LogP contribution in [0.3, 0.4) is 0 Å². The molecule has 0 saturated heterocycles. The van der Waals surface area contributed by atoms with E-state index in [4.69, 9.17) is 0 Å². The first kappa shape index (κ1) is 43.4. The normalized spacial score (nSPS) is 13.4. The van der Waals surface area contributed by atoms with Crippen LogP contribution in [0.15, 0.2) is 54.4 Å². The fourth-order valence-electron chi connectivity index (χ4n) is 6.39. The summed E-state index contributed by atoms with van der Waals surface area (Å²) in [5, 5.41) is 11.4. The van der Waals surface area contributed by atoms with Gasteiger partial charge in [0.1, 0.15) is 9.52 Å². The second-order valence-corrected chi connectivity index (χ2v) is 15.7. The Hall–Kier alpha value is -2.80. The fraction of sp³-hybridized carbons (Fsp3) is 0.476. The minimum atomic E-state index is -4.47. The largest absolute Gasteiger partial charge is 0.512 e. The van der Waals surface area contributed by atoms with Gasteiger partial charge in [-0.1, -0.05) is 106 Å². The van der Waals surface area contributed by atoms with Gasteiger partial charge in [-0.2, -0.15) is 13.2 Å². The van der Waals surface area contributed by atoms with Gasteiger partial charge in [-0.3, -0.25) is 4.79 Å². The molecular weight excluding hydrogens is 828 g/mol. The SMILES string of the molecule is CCC(CC)C(=O)/C=C(\O)C(CC)CC.Cc1[c-]c(-c2ncc(C(F)(F)F)c3c2[Si]C(c2ccc(C(C)(C)C)cc2)=C3C(C)C)cc(C)c1.[Ir]. The number of aliphatic hydroxyl groups is 1. The molecule has 0 unspecified atom stereocenters. The molecule has 3 nitrogen and oxygen atoms in total. The number of aryl methyl sites for hydroxylation is 2. The Bertz CT molecular complexity index is 1660. The average molecular weight is 881 g/mol. The van der Waals surface area contributed by atoms with Crippen molar-refractivity contribution in [1.82, 2.24) is 4.98 Å². The molecule has 50 heavy (non-hydrogen) atoms. The van der Waals surface area contributed by atoms with Crippen LogP contribution in [-0.4, -0.2) is 25.4 Å². The summed E-state index contributed by atoms with van der Waals surface area (Å²) in [6, 6.07) is 15.6. The fourth-order valence-corrected chi connectivity index (χ4v) is 8.21. The third kappa shape index (κ3) is 10.4. The van der Waals surface area contributed by atoms with Crippen LogP contribution in [0.4, 0.5) is 13.2 Å². The van der Waals surface area contributed by atoms with E-state index in [1.165, 1.54) is 11.6 Å². The molecule has 4 rings (SSSR count). The smallest absolute Gasteiger partial charge is 0.418 e. The number of hydrogen-bond acceptors (Lipinski definition) is 3. The summed E-state index contributed by atoms with van der Waals surface area (Å²) in [7, 11) is 0.0954. The number of benzene rings is 2. The van der Waals surface area contributed by atoms with Gasteiger partial charge in [0.05, 0.1) is 11.3 Å². The van der Waals surface area contributed by atoms with Gasteiger partial charge in [0, 0.05) is 44.2 Å². The number of halogens is 3. The van der Waals surface area contributed by atoms with E-state index in [1.807, 2.05) is 67.5 Å². The molecule has 273 valence electrons.